The molecule has 0 saturated heterocycles. The minimum atomic E-state index is 0.138. The van der Waals surface area contributed by atoms with Crippen molar-refractivity contribution in [2.75, 3.05) is 0 Å². The summed E-state index contributed by atoms with van der Waals surface area (Å²) in [7, 11) is 0.138. The smallest absolute Gasteiger partial charge is 0.125 e. The van der Waals surface area contributed by atoms with E-state index in [2.05, 4.69) is 4.98 Å². The van der Waals surface area contributed by atoms with Crippen molar-refractivity contribution in [3.05, 3.63) is 53.7 Å². The highest BCUT2D eigenvalue weighted by atomic mass is 35.5. The van der Waals surface area contributed by atoms with Gasteiger partial charge in [0.05, 0.1) is 5.02 Å². The largest absolute Gasteiger partial charge is 0.471 e. The van der Waals surface area contributed by atoms with Crippen molar-refractivity contribution in [1.29, 1.82) is 0 Å². The summed E-state index contributed by atoms with van der Waals surface area (Å²) >= 11 is 5.95. The van der Waals surface area contributed by atoms with Crippen molar-refractivity contribution in [2.45, 2.75) is 0 Å². The third-order valence-electron chi connectivity index (χ3n) is 1.77. The highest BCUT2D eigenvalue weighted by molar-refractivity contribution is 7.42. The molecule has 1 aromatic carbocycles. The van der Waals surface area contributed by atoms with Crippen LogP contribution in [0.25, 0.3) is 0 Å². The van der Waals surface area contributed by atoms with Crippen molar-refractivity contribution < 1.29 is 4.52 Å². The number of hydrogen-bond acceptors (Lipinski definition) is 2. The van der Waals surface area contributed by atoms with Gasteiger partial charge >= 0.3 is 0 Å². The molecule has 0 N–H and O–H groups in total. The van der Waals surface area contributed by atoms with E-state index in [-0.39, 0.29) is 8.81 Å². The summed E-state index contributed by atoms with van der Waals surface area (Å²) in [5.41, 5.74) is 0.781. The lowest BCUT2D eigenvalue weighted by Gasteiger charge is -2.05. The lowest BCUT2D eigenvalue weighted by atomic mass is 10.3. The van der Waals surface area contributed by atoms with Gasteiger partial charge in [0.2, 0.25) is 0 Å². The Kier molecular flexibility index (Phi) is 3.54. The third kappa shape index (κ3) is 2.92. The fourth-order valence-corrected chi connectivity index (χ4v) is 1.95. The van der Waals surface area contributed by atoms with Crippen molar-refractivity contribution in [1.82, 2.24) is 4.98 Å². The number of benzene rings is 1. The predicted molar refractivity (Wildman–Crippen MR) is 64.3 cm³/mol. The SMILES string of the molecule is Clc1cccnc1POc1ccccc1. The molecular formula is C11H9ClNOP. The molecule has 0 aliphatic carbocycles. The first-order chi connectivity index (χ1) is 7.36. The van der Waals surface area contributed by atoms with Gasteiger partial charge in [-0.05, 0) is 24.3 Å². The molecule has 1 aromatic heterocycles. The molecule has 1 unspecified atom stereocenters. The van der Waals surface area contributed by atoms with E-state index in [1.165, 1.54) is 0 Å². The maximum atomic E-state index is 5.95. The quantitative estimate of drug-likeness (QED) is 0.766. The van der Waals surface area contributed by atoms with E-state index in [0.29, 0.717) is 5.02 Å². The van der Waals surface area contributed by atoms with Crippen LogP contribution in [0.1, 0.15) is 0 Å². The third-order valence-corrected chi connectivity index (χ3v) is 3.16. The van der Waals surface area contributed by atoms with E-state index >= 15 is 0 Å². The fraction of sp³-hybridized carbons (Fsp3) is 0. The molecule has 76 valence electrons. The van der Waals surface area contributed by atoms with Crippen LogP contribution in [0.5, 0.6) is 5.75 Å². The molecule has 1 atom stereocenters. The number of pyridine rings is 1. The Labute approximate surface area is 95.1 Å². The van der Waals surface area contributed by atoms with Crippen LogP contribution in [0.2, 0.25) is 5.02 Å². The van der Waals surface area contributed by atoms with Gasteiger partial charge in [-0.3, -0.25) is 4.98 Å². The second kappa shape index (κ2) is 5.11. The highest BCUT2D eigenvalue weighted by Crippen LogP contribution is 2.21. The molecule has 2 aromatic rings. The number of para-hydroxylation sites is 1. The standard InChI is InChI=1S/C11H9ClNOP/c12-10-7-4-8-13-11(10)15-14-9-5-2-1-3-6-9/h1-8,15H. The Bertz CT molecular complexity index is 436. The zero-order valence-electron chi connectivity index (χ0n) is 7.85. The van der Waals surface area contributed by atoms with E-state index < -0.39 is 0 Å². The molecule has 0 spiro atoms. The molecule has 0 aliphatic heterocycles. The Hall–Kier alpha value is -1.11. The van der Waals surface area contributed by atoms with Crippen molar-refractivity contribution in [2.24, 2.45) is 0 Å². The van der Waals surface area contributed by atoms with Crippen molar-refractivity contribution in [3.63, 3.8) is 0 Å². The summed E-state index contributed by atoms with van der Waals surface area (Å²) in [6, 6.07) is 13.2. The molecule has 4 heteroatoms. The van der Waals surface area contributed by atoms with Gasteiger partial charge < -0.3 is 4.52 Å². The monoisotopic (exact) mass is 237 g/mol. The minimum Gasteiger partial charge on any atom is -0.471 e. The second-order valence-electron chi connectivity index (χ2n) is 2.85. The highest BCUT2D eigenvalue weighted by Gasteiger charge is 2.01. The van der Waals surface area contributed by atoms with Gasteiger partial charge in [-0.25, -0.2) is 0 Å². The van der Waals surface area contributed by atoms with E-state index in [1.54, 1.807) is 12.3 Å². The fourth-order valence-electron chi connectivity index (χ4n) is 1.06. The molecule has 0 amide bonds. The first-order valence-corrected chi connectivity index (χ1v) is 5.73. The lowest BCUT2D eigenvalue weighted by molar-refractivity contribution is 0.637. The van der Waals surface area contributed by atoms with Crippen LogP contribution in [0.3, 0.4) is 0 Å². The minimum absolute atomic E-state index is 0.138. The summed E-state index contributed by atoms with van der Waals surface area (Å²) in [5.74, 6) is 0.831. The summed E-state index contributed by atoms with van der Waals surface area (Å²) < 4.78 is 5.55. The van der Waals surface area contributed by atoms with Crippen LogP contribution in [0.4, 0.5) is 0 Å². The normalized spacial score (nSPS) is 10.7. The average molecular weight is 238 g/mol. The molecule has 0 fully saturated rings. The maximum Gasteiger partial charge on any atom is 0.125 e. The number of aromatic nitrogens is 1. The van der Waals surface area contributed by atoms with E-state index in [4.69, 9.17) is 16.1 Å². The zero-order chi connectivity index (χ0) is 10.5. The Morgan fingerprint density at radius 2 is 1.87 bits per heavy atom. The Morgan fingerprint density at radius 3 is 2.60 bits per heavy atom. The summed E-state index contributed by atoms with van der Waals surface area (Å²) in [6.45, 7) is 0. The van der Waals surface area contributed by atoms with Gasteiger partial charge in [0, 0.05) is 6.20 Å². The van der Waals surface area contributed by atoms with Crippen molar-refractivity contribution >= 4 is 25.8 Å². The lowest BCUT2D eigenvalue weighted by Crippen LogP contribution is -2.03. The van der Waals surface area contributed by atoms with Crippen LogP contribution in [0.15, 0.2) is 48.7 Å². The van der Waals surface area contributed by atoms with Gasteiger partial charge in [-0.15, -0.1) is 0 Å². The summed E-state index contributed by atoms with van der Waals surface area (Å²) in [4.78, 5) is 4.15. The molecule has 0 radical (unpaired) electrons. The van der Waals surface area contributed by atoms with E-state index in [0.717, 1.165) is 11.2 Å². The van der Waals surface area contributed by atoms with E-state index in [1.807, 2.05) is 36.4 Å². The van der Waals surface area contributed by atoms with Gasteiger partial charge in [0.1, 0.15) is 20.0 Å². The number of nitrogens with zero attached hydrogens (tertiary/aromatic N) is 1. The first-order valence-electron chi connectivity index (χ1n) is 4.45. The van der Waals surface area contributed by atoms with Crippen LogP contribution in [0, 0.1) is 0 Å². The van der Waals surface area contributed by atoms with Gasteiger partial charge in [-0.2, -0.15) is 0 Å². The van der Waals surface area contributed by atoms with E-state index in [9.17, 15) is 0 Å². The van der Waals surface area contributed by atoms with Gasteiger partial charge in [0.15, 0.2) is 0 Å². The maximum absolute atomic E-state index is 5.95. The molecule has 0 saturated carbocycles. The number of halogens is 1. The second-order valence-corrected chi connectivity index (χ2v) is 4.14. The van der Waals surface area contributed by atoms with Gasteiger partial charge in [0.25, 0.3) is 0 Å². The van der Waals surface area contributed by atoms with Crippen LogP contribution < -0.4 is 9.96 Å². The summed E-state index contributed by atoms with van der Waals surface area (Å²) in [5, 5.41) is 0.645. The van der Waals surface area contributed by atoms with Crippen LogP contribution in [-0.2, 0) is 0 Å². The molecule has 0 aliphatic rings. The number of rotatable bonds is 3. The molecule has 0 bridgehead atoms. The van der Waals surface area contributed by atoms with Gasteiger partial charge in [-0.1, -0.05) is 29.8 Å². The number of hydrogen-bond donors (Lipinski definition) is 0. The predicted octanol–water partition coefficient (Wildman–Crippen LogP) is 3.03. The molecule has 2 rings (SSSR count). The first kappa shape index (κ1) is 10.4. The zero-order valence-corrected chi connectivity index (χ0v) is 9.61. The topological polar surface area (TPSA) is 22.1 Å². The van der Waals surface area contributed by atoms with Crippen molar-refractivity contribution in [3.8, 4) is 5.75 Å². The average Bonchev–Trinajstić information content (AvgIpc) is 2.29. The summed E-state index contributed by atoms with van der Waals surface area (Å²) in [6.07, 6.45) is 1.71. The molecular weight excluding hydrogens is 229 g/mol. The molecule has 2 nitrogen and oxygen atoms in total. The molecule has 1 heterocycles. The Morgan fingerprint density at radius 1 is 1.07 bits per heavy atom. The van der Waals surface area contributed by atoms with Crippen LogP contribution in [-0.4, -0.2) is 4.98 Å². The molecule has 15 heavy (non-hydrogen) atoms. The Balaban J connectivity index is 2.03. The van der Waals surface area contributed by atoms with Crippen LogP contribution >= 0.6 is 20.4 Å².